The molecule has 0 radical (unpaired) electrons. The summed E-state index contributed by atoms with van der Waals surface area (Å²) < 4.78 is 0. The Morgan fingerprint density at radius 3 is 2.76 bits per heavy atom. The molecular formula is C23H26ClN. The zero-order valence-electron chi connectivity index (χ0n) is 15.1. The molecule has 0 amide bonds. The van der Waals surface area contributed by atoms with Gasteiger partial charge >= 0.3 is 0 Å². The fraction of sp³-hybridized carbons (Fsp3) is 0.391. The maximum atomic E-state index is 6.74. The third kappa shape index (κ3) is 3.05. The first-order chi connectivity index (χ1) is 12.1. The van der Waals surface area contributed by atoms with E-state index in [9.17, 15) is 0 Å². The fourth-order valence-electron chi connectivity index (χ4n) is 4.81. The minimum Gasteiger partial charge on any atom is -0.298 e. The van der Waals surface area contributed by atoms with Gasteiger partial charge in [-0.3, -0.25) is 4.90 Å². The third-order valence-corrected chi connectivity index (χ3v) is 6.54. The summed E-state index contributed by atoms with van der Waals surface area (Å²) in [6, 6.07) is 15.4. The standard InChI is InChI=1S/C23H26ClN/c1-3-7-18-10-11-19-20(22(18)24)12-13-23(2)16-25(15-21(19)23)14-17-8-5-4-6-9-17/h3-11,21H,12-16H2,1-2H3. The van der Waals surface area contributed by atoms with E-state index in [2.05, 4.69) is 66.4 Å². The van der Waals surface area contributed by atoms with E-state index in [1.807, 2.05) is 6.92 Å². The Balaban J connectivity index is 1.63. The van der Waals surface area contributed by atoms with Crippen molar-refractivity contribution in [3.63, 3.8) is 0 Å². The molecule has 2 unspecified atom stereocenters. The van der Waals surface area contributed by atoms with Crippen molar-refractivity contribution in [2.75, 3.05) is 13.1 Å². The number of likely N-dealkylation sites (tertiary alicyclic amines) is 1. The van der Waals surface area contributed by atoms with Crippen molar-refractivity contribution in [3.05, 3.63) is 75.8 Å². The molecular weight excluding hydrogens is 326 g/mol. The minimum atomic E-state index is 0.368. The number of allylic oxidation sites excluding steroid dienone is 1. The highest BCUT2D eigenvalue weighted by molar-refractivity contribution is 6.33. The maximum Gasteiger partial charge on any atom is 0.0513 e. The zero-order chi connectivity index (χ0) is 17.4. The van der Waals surface area contributed by atoms with Crippen molar-refractivity contribution >= 4 is 17.7 Å². The van der Waals surface area contributed by atoms with Crippen LogP contribution in [0.15, 0.2) is 48.5 Å². The quantitative estimate of drug-likeness (QED) is 0.662. The summed E-state index contributed by atoms with van der Waals surface area (Å²) in [7, 11) is 0. The van der Waals surface area contributed by atoms with Gasteiger partial charge in [0, 0.05) is 25.6 Å². The van der Waals surface area contributed by atoms with Gasteiger partial charge in [0.05, 0.1) is 5.02 Å². The topological polar surface area (TPSA) is 3.24 Å². The van der Waals surface area contributed by atoms with Crippen molar-refractivity contribution in [1.29, 1.82) is 0 Å². The summed E-state index contributed by atoms with van der Waals surface area (Å²) in [6.07, 6.45) is 6.52. The molecule has 1 aliphatic carbocycles. The summed E-state index contributed by atoms with van der Waals surface area (Å²) in [5.74, 6) is 0.595. The molecule has 2 heteroatoms. The first-order valence-electron chi connectivity index (χ1n) is 9.31. The van der Waals surface area contributed by atoms with E-state index in [0.717, 1.165) is 30.1 Å². The van der Waals surface area contributed by atoms with Crippen LogP contribution < -0.4 is 0 Å². The highest BCUT2D eigenvalue weighted by Crippen LogP contribution is 2.52. The van der Waals surface area contributed by atoms with Crippen LogP contribution in [0.1, 0.15) is 48.4 Å². The van der Waals surface area contributed by atoms with Crippen LogP contribution in [0.4, 0.5) is 0 Å². The second-order valence-corrected chi connectivity index (χ2v) is 8.28. The van der Waals surface area contributed by atoms with Crippen molar-refractivity contribution in [3.8, 4) is 0 Å². The number of fused-ring (bicyclic) bond motifs is 3. The Bertz CT molecular complexity index is 795. The highest BCUT2D eigenvalue weighted by Gasteiger charge is 2.46. The van der Waals surface area contributed by atoms with Crippen LogP contribution in [-0.4, -0.2) is 18.0 Å². The molecule has 25 heavy (non-hydrogen) atoms. The Hall–Kier alpha value is -1.57. The van der Waals surface area contributed by atoms with E-state index >= 15 is 0 Å². The number of hydrogen-bond acceptors (Lipinski definition) is 1. The first-order valence-corrected chi connectivity index (χ1v) is 9.69. The fourth-order valence-corrected chi connectivity index (χ4v) is 5.14. The number of halogens is 1. The van der Waals surface area contributed by atoms with Crippen molar-refractivity contribution in [2.45, 2.75) is 39.2 Å². The second-order valence-electron chi connectivity index (χ2n) is 7.90. The molecule has 0 aromatic heterocycles. The number of hydrogen-bond donors (Lipinski definition) is 0. The molecule has 2 aromatic carbocycles. The average molecular weight is 352 g/mol. The molecule has 0 N–H and O–H groups in total. The molecule has 4 rings (SSSR count). The first kappa shape index (κ1) is 16.9. The normalized spacial score (nSPS) is 26.0. The Labute approximate surface area is 156 Å². The van der Waals surface area contributed by atoms with E-state index in [0.29, 0.717) is 11.3 Å². The lowest BCUT2D eigenvalue weighted by Gasteiger charge is -2.37. The van der Waals surface area contributed by atoms with Crippen LogP contribution in [-0.2, 0) is 13.0 Å². The highest BCUT2D eigenvalue weighted by atomic mass is 35.5. The molecule has 0 saturated carbocycles. The number of benzene rings is 2. The predicted molar refractivity (Wildman–Crippen MR) is 107 cm³/mol. The molecule has 1 saturated heterocycles. The summed E-state index contributed by atoms with van der Waals surface area (Å²) in [6.45, 7) is 7.88. The van der Waals surface area contributed by atoms with Crippen LogP contribution in [0.3, 0.4) is 0 Å². The lowest BCUT2D eigenvalue weighted by molar-refractivity contribution is 0.240. The summed E-state index contributed by atoms with van der Waals surface area (Å²) in [4.78, 5) is 2.63. The molecule has 0 spiro atoms. The van der Waals surface area contributed by atoms with Crippen LogP contribution >= 0.6 is 11.6 Å². The lowest BCUT2D eigenvalue weighted by atomic mass is 9.67. The van der Waals surface area contributed by atoms with Gasteiger partial charge in [0.2, 0.25) is 0 Å². The summed E-state index contributed by atoms with van der Waals surface area (Å²) >= 11 is 6.74. The number of nitrogens with zero attached hydrogens (tertiary/aromatic N) is 1. The largest absolute Gasteiger partial charge is 0.298 e. The molecule has 2 atom stereocenters. The smallest absolute Gasteiger partial charge is 0.0513 e. The minimum absolute atomic E-state index is 0.368. The van der Waals surface area contributed by atoms with E-state index in [-0.39, 0.29) is 0 Å². The zero-order valence-corrected chi connectivity index (χ0v) is 15.9. The Kier molecular flexibility index (Phi) is 4.47. The van der Waals surface area contributed by atoms with Gasteiger partial charge in [-0.1, -0.05) is 73.1 Å². The predicted octanol–water partition coefficient (Wildman–Crippen LogP) is 5.93. The van der Waals surface area contributed by atoms with Crippen LogP contribution in [0, 0.1) is 5.41 Å². The van der Waals surface area contributed by atoms with E-state index in [1.165, 1.54) is 29.7 Å². The van der Waals surface area contributed by atoms with Crippen LogP contribution in [0.5, 0.6) is 0 Å². The van der Waals surface area contributed by atoms with E-state index in [4.69, 9.17) is 11.6 Å². The third-order valence-electron chi connectivity index (χ3n) is 6.09. The second kappa shape index (κ2) is 6.63. The molecule has 0 bridgehead atoms. The van der Waals surface area contributed by atoms with Gasteiger partial charge < -0.3 is 0 Å². The molecule has 2 aliphatic rings. The number of rotatable bonds is 3. The molecule has 2 aromatic rings. The van der Waals surface area contributed by atoms with Crippen LogP contribution in [0.25, 0.3) is 6.08 Å². The molecule has 130 valence electrons. The van der Waals surface area contributed by atoms with Crippen molar-refractivity contribution in [2.24, 2.45) is 5.41 Å². The van der Waals surface area contributed by atoms with Gasteiger partial charge in [0.15, 0.2) is 0 Å². The molecule has 1 heterocycles. The van der Waals surface area contributed by atoms with Gasteiger partial charge in [0.25, 0.3) is 0 Å². The van der Waals surface area contributed by atoms with E-state index < -0.39 is 0 Å². The monoisotopic (exact) mass is 351 g/mol. The Morgan fingerprint density at radius 1 is 1.20 bits per heavy atom. The van der Waals surface area contributed by atoms with Gasteiger partial charge in [-0.25, -0.2) is 0 Å². The van der Waals surface area contributed by atoms with E-state index in [1.54, 1.807) is 0 Å². The lowest BCUT2D eigenvalue weighted by Crippen LogP contribution is -2.30. The molecule has 1 aliphatic heterocycles. The van der Waals surface area contributed by atoms with Gasteiger partial charge in [-0.05, 0) is 47.4 Å². The van der Waals surface area contributed by atoms with Crippen molar-refractivity contribution < 1.29 is 0 Å². The van der Waals surface area contributed by atoms with Crippen LogP contribution in [0.2, 0.25) is 5.02 Å². The van der Waals surface area contributed by atoms with Gasteiger partial charge in [-0.15, -0.1) is 0 Å². The van der Waals surface area contributed by atoms with Crippen molar-refractivity contribution in [1.82, 2.24) is 4.90 Å². The molecule has 1 fully saturated rings. The average Bonchev–Trinajstić information content (AvgIpc) is 2.94. The Morgan fingerprint density at radius 2 is 2.00 bits per heavy atom. The SMILES string of the molecule is CC=Cc1ccc2c(c1Cl)CCC1(C)CN(Cc3ccccc3)CC21. The summed E-state index contributed by atoms with van der Waals surface area (Å²) in [5.41, 5.74) is 5.81. The molecule has 1 nitrogen and oxygen atoms in total. The van der Waals surface area contributed by atoms with Gasteiger partial charge in [0.1, 0.15) is 0 Å². The van der Waals surface area contributed by atoms with Gasteiger partial charge in [-0.2, -0.15) is 0 Å². The maximum absolute atomic E-state index is 6.74. The summed E-state index contributed by atoms with van der Waals surface area (Å²) in [5, 5.41) is 0.971.